The van der Waals surface area contributed by atoms with Crippen LogP contribution in [0, 0.1) is 13.8 Å². The van der Waals surface area contributed by atoms with E-state index >= 15 is 0 Å². The molecule has 0 aliphatic carbocycles. The summed E-state index contributed by atoms with van der Waals surface area (Å²) in [5.74, 6) is 2.81. The molecule has 0 bridgehead atoms. The van der Waals surface area contributed by atoms with E-state index in [1.807, 2.05) is 12.1 Å². The Morgan fingerprint density at radius 2 is 1.87 bits per heavy atom. The van der Waals surface area contributed by atoms with Gasteiger partial charge < -0.3 is 19.9 Å². The summed E-state index contributed by atoms with van der Waals surface area (Å²) in [5, 5.41) is 6.79. The van der Waals surface area contributed by atoms with Crippen molar-refractivity contribution in [1.29, 1.82) is 0 Å². The fourth-order valence-electron chi connectivity index (χ4n) is 3.56. The second-order valence-electron chi connectivity index (χ2n) is 7.14. The van der Waals surface area contributed by atoms with Crippen LogP contribution in [-0.4, -0.2) is 42.8 Å². The Labute approximate surface area is 196 Å². The molecule has 2 N–H and O–H groups in total. The van der Waals surface area contributed by atoms with Crippen molar-refractivity contribution in [3.8, 4) is 5.75 Å². The number of hydrogen-bond acceptors (Lipinski definition) is 3. The van der Waals surface area contributed by atoms with E-state index in [0.717, 1.165) is 55.5 Å². The van der Waals surface area contributed by atoms with Crippen LogP contribution in [0.5, 0.6) is 5.75 Å². The van der Waals surface area contributed by atoms with Crippen LogP contribution >= 0.6 is 24.0 Å². The van der Waals surface area contributed by atoms with Crippen LogP contribution in [0.25, 0.3) is 11.0 Å². The first-order valence-electron chi connectivity index (χ1n) is 10.1. The van der Waals surface area contributed by atoms with Crippen molar-refractivity contribution in [2.75, 3.05) is 27.2 Å². The van der Waals surface area contributed by atoms with Crippen molar-refractivity contribution in [3.05, 3.63) is 59.4 Å². The number of fused-ring (bicyclic) bond motifs is 1. The average molecular weight is 521 g/mol. The van der Waals surface area contributed by atoms with E-state index in [1.54, 1.807) is 14.2 Å². The molecule has 0 aliphatic heterocycles. The molecule has 2 aromatic carbocycles. The van der Waals surface area contributed by atoms with E-state index in [-0.39, 0.29) is 24.0 Å². The average Bonchev–Trinajstić information content (AvgIpc) is 3.05. The van der Waals surface area contributed by atoms with Gasteiger partial charge in [-0.1, -0.05) is 29.8 Å². The molecule has 3 rings (SSSR count). The van der Waals surface area contributed by atoms with E-state index in [2.05, 4.69) is 69.4 Å². The fraction of sp³-hybridized carbons (Fsp3) is 0.391. The zero-order valence-corrected chi connectivity index (χ0v) is 20.6. The monoisotopic (exact) mass is 521 g/mol. The minimum atomic E-state index is 0. The lowest BCUT2D eigenvalue weighted by Gasteiger charge is -2.14. The fourth-order valence-corrected chi connectivity index (χ4v) is 3.56. The first kappa shape index (κ1) is 24.0. The molecule has 0 aliphatic rings. The molecule has 0 amide bonds. The van der Waals surface area contributed by atoms with Crippen LogP contribution in [0.15, 0.2) is 47.5 Å². The molecular weight excluding hydrogens is 489 g/mol. The van der Waals surface area contributed by atoms with E-state index in [9.17, 15) is 0 Å². The van der Waals surface area contributed by atoms with Crippen LogP contribution < -0.4 is 15.4 Å². The molecule has 162 valence electrons. The molecule has 6 nitrogen and oxygen atoms in total. The molecule has 3 aromatic rings. The molecule has 7 heteroatoms. The van der Waals surface area contributed by atoms with Gasteiger partial charge >= 0.3 is 0 Å². The molecule has 0 unspecified atom stereocenters. The minimum absolute atomic E-state index is 0. The van der Waals surface area contributed by atoms with E-state index in [0.29, 0.717) is 0 Å². The van der Waals surface area contributed by atoms with Crippen LogP contribution in [-0.2, 0) is 13.0 Å². The predicted molar refractivity (Wildman–Crippen MR) is 135 cm³/mol. The van der Waals surface area contributed by atoms with Gasteiger partial charge in [-0.2, -0.15) is 0 Å². The maximum Gasteiger partial charge on any atom is 0.190 e. The summed E-state index contributed by atoms with van der Waals surface area (Å²) in [6.07, 6.45) is 1.87. The van der Waals surface area contributed by atoms with Crippen molar-refractivity contribution >= 4 is 41.0 Å². The van der Waals surface area contributed by atoms with Gasteiger partial charge in [0.25, 0.3) is 0 Å². The smallest absolute Gasteiger partial charge is 0.190 e. The molecule has 0 atom stereocenters. The topological polar surface area (TPSA) is 63.5 Å². The Bertz CT molecular complexity index is 983. The van der Waals surface area contributed by atoms with Crippen molar-refractivity contribution in [2.24, 2.45) is 4.99 Å². The molecule has 0 spiro atoms. The number of benzene rings is 2. The normalized spacial score (nSPS) is 11.3. The summed E-state index contributed by atoms with van der Waals surface area (Å²) in [6, 6.07) is 14.6. The van der Waals surface area contributed by atoms with Gasteiger partial charge in [-0.15, -0.1) is 24.0 Å². The minimum Gasteiger partial charge on any atom is -0.496 e. The van der Waals surface area contributed by atoms with Gasteiger partial charge in [0, 0.05) is 26.7 Å². The SMILES string of the molecule is CN=C(NCCCn1c(C)nc2ccccc21)NCCc1cc(C)ccc1OC.I. The van der Waals surface area contributed by atoms with Gasteiger partial charge in [-0.05, 0) is 50.5 Å². The van der Waals surface area contributed by atoms with Crippen molar-refractivity contribution in [1.82, 2.24) is 20.2 Å². The molecule has 0 radical (unpaired) electrons. The van der Waals surface area contributed by atoms with E-state index in [1.165, 1.54) is 16.6 Å². The predicted octanol–water partition coefficient (Wildman–Crippen LogP) is 4.08. The number of nitrogens with zero attached hydrogens (tertiary/aromatic N) is 3. The zero-order valence-electron chi connectivity index (χ0n) is 18.2. The second-order valence-corrected chi connectivity index (χ2v) is 7.14. The van der Waals surface area contributed by atoms with Crippen molar-refractivity contribution in [2.45, 2.75) is 33.2 Å². The lowest BCUT2D eigenvalue weighted by Crippen LogP contribution is -2.39. The lowest BCUT2D eigenvalue weighted by molar-refractivity contribution is 0.409. The molecule has 0 fully saturated rings. The number of ether oxygens (including phenoxy) is 1. The number of imidazole rings is 1. The van der Waals surface area contributed by atoms with Crippen LogP contribution in [0.2, 0.25) is 0 Å². The number of aliphatic imine (C=N–C) groups is 1. The number of aryl methyl sites for hydroxylation is 3. The first-order valence-corrected chi connectivity index (χ1v) is 10.1. The largest absolute Gasteiger partial charge is 0.496 e. The Morgan fingerprint density at radius 3 is 2.63 bits per heavy atom. The third-order valence-corrected chi connectivity index (χ3v) is 5.04. The number of methoxy groups -OCH3 is 1. The van der Waals surface area contributed by atoms with E-state index in [4.69, 9.17) is 4.74 Å². The summed E-state index contributed by atoms with van der Waals surface area (Å²) < 4.78 is 7.73. The summed E-state index contributed by atoms with van der Waals surface area (Å²) in [4.78, 5) is 8.95. The van der Waals surface area contributed by atoms with Crippen molar-refractivity contribution < 1.29 is 4.74 Å². The molecule has 30 heavy (non-hydrogen) atoms. The maximum atomic E-state index is 5.46. The third kappa shape index (κ3) is 6.10. The van der Waals surface area contributed by atoms with Crippen molar-refractivity contribution in [3.63, 3.8) is 0 Å². The number of halogens is 1. The highest BCUT2D eigenvalue weighted by Crippen LogP contribution is 2.19. The van der Waals surface area contributed by atoms with Crippen LogP contribution in [0.3, 0.4) is 0 Å². The summed E-state index contributed by atoms with van der Waals surface area (Å²) in [7, 11) is 3.52. The number of nitrogens with one attached hydrogen (secondary N) is 2. The highest BCUT2D eigenvalue weighted by Gasteiger charge is 2.07. The molecule has 0 saturated carbocycles. The summed E-state index contributed by atoms with van der Waals surface area (Å²) in [6.45, 7) is 6.73. The highest BCUT2D eigenvalue weighted by molar-refractivity contribution is 14.0. The Hall–Kier alpha value is -2.29. The number of para-hydroxylation sites is 2. The first-order chi connectivity index (χ1) is 14.1. The molecule has 1 aromatic heterocycles. The molecule has 1 heterocycles. The maximum absolute atomic E-state index is 5.46. The summed E-state index contributed by atoms with van der Waals surface area (Å²) >= 11 is 0. The van der Waals surface area contributed by atoms with Crippen LogP contribution in [0.4, 0.5) is 0 Å². The Kier molecular flexibility index (Phi) is 9.42. The number of guanidine groups is 1. The number of rotatable bonds is 8. The Balaban J connectivity index is 0.00000320. The number of aromatic nitrogens is 2. The second kappa shape index (κ2) is 11.8. The van der Waals surface area contributed by atoms with Gasteiger partial charge in [0.15, 0.2) is 5.96 Å². The van der Waals surface area contributed by atoms with Gasteiger partial charge in [0.05, 0.1) is 18.1 Å². The zero-order chi connectivity index (χ0) is 20.6. The van der Waals surface area contributed by atoms with Gasteiger partial charge in [0.1, 0.15) is 11.6 Å². The van der Waals surface area contributed by atoms with Gasteiger partial charge in [0.2, 0.25) is 0 Å². The third-order valence-electron chi connectivity index (χ3n) is 5.04. The number of hydrogen-bond donors (Lipinski definition) is 2. The molecule has 0 saturated heterocycles. The quantitative estimate of drug-likeness (QED) is 0.203. The standard InChI is InChI=1S/C23H31N5O.HI/c1-17-10-11-22(29-4)19(16-17)12-14-26-23(24-3)25-13-7-15-28-18(2)27-20-8-5-6-9-21(20)28;/h5-6,8-11,16H,7,12-15H2,1-4H3,(H2,24,25,26);1H. The van der Waals surface area contributed by atoms with Gasteiger partial charge in [-0.3, -0.25) is 4.99 Å². The summed E-state index contributed by atoms with van der Waals surface area (Å²) in [5.41, 5.74) is 4.70. The van der Waals surface area contributed by atoms with E-state index < -0.39 is 0 Å². The van der Waals surface area contributed by atoms with Gasteiger partial charge in [-0.25, -0.2) is 4.98 Å². The Morgan fingerprint density at radius 1 is 1.10 bits per heavy atom. The van der Waals surface area contributed by atoms with Crippen LogP contribution in [0.1, 0.15) is 23.4 Å². The lowest BCUT2D eigenvalue weighted by atomic mass is 10.1. The molecular formula is C23H32IN5O. The highest BCUT2D eigenvalue weighted by atomic mass is 127.